The van der Waals surface area contributed by atoms with E-state index in [0.29, 0.717) is 33.0 Å². The molecule has 0 aliphatic carbocycles. The minimum atomic E-state index is -2.19. The molecule has 0 unspecified atom stereocenters. The summed E-state index contributed by atoms with van der Waals surface area (Å²) in [6.45, 7) is 3.03. The predicted octanol–water partition coefficient (Wildman–Crippen LogP) is 2.70. The zero-order valence-corrected chi connectivity index (χ0v) is 17.3. The Balaban J connectivity index is 1.91. The summed E-state index contributed by atoms with van der Waals surface area (Å²) in [7, 11) is -2.19. The zero-order valence-electron chi connectivity index (χ0n) is 16.3. The molecule has 0 aliphatic heterocycles. The molecule has 2 N–H and O–H groups in total. The van der Waals surface area contributed by atoms with Crippen molar-refractivity contribution in [3.8, 4) is 0 Å². The van der Waals surface area contributed by atoms with Crippen LogP contribution in [0.5, 0.6) is 0 Å². The van der Waals surface area contributed by atoms with E-state index in [1.807, 2.05) is 0 Å². The van der Waals surface area contributed by atoms with Crippen molar-refractivity contribution in [3.63, 3.8) is 0 Å². The fraction of sp³-hybridized carbons (Fsp3) is 0.250. The van der Waals surface area contributed by atoms with Crippen molar-refractivity contribution in [2.24, 2.45) is 5.73 Å². The second-order valence-electron chi connectivity index (χ2n) is 6.77. The van der Waals surface area contributed by atoms with Crippen molar-refractivity contribution in [3.05, 3.63) is 91.0 Å². The Morgan fingerprint density at radius 3 is 1.32 bits per heavy atom. The van der Waals surface area contributed by atoms with Crippen LogP contribution in [0.15, 0.2) is 91.0 Å². The molecule has 4 heteroatoms. The third kappa shape index (κ3) is 5.06. The molecule has 0 aliphatic rings. The Morgan fingerprint density at radius 1 is 0.536 bits per heavy atom. The standard InChI is InChI=1S/C24H30NO2P/c25-16-17-26-18-19-27-20-21-28(22-10-4-1-5-11-22,23-12-6-2-7-13-23)24-14-8-3-9-15-24/h1-15,28H,16-21,25H2. The van der Waals surface area contributed by atoms with Crippen LogP contribution in [0, 0.1) is 0 Å². The van der Waals surface area contributed by atoms with Gasteiger partial charge in [0.15, 0.2) is 0 Å². The number of hydrogen-bond acceptors (Lipinski definition) is 3. The number of rotatable bonds is 11. The van der Waals surface area contributed by atoms with Gasteiger partial charge in [0.2, 0.25) is 0 Å². The monoisotopic (exact) mass is 395 g/mol. The summed E-state index contributed by atoms with van der Waals surface area (Å²) in [5, 5.41) is 4.24. The molecule has 0 amide bonds. The van der Waals surface area contributed by atoms with E-state index >= 15 is 0 Å². The number of benzene rings is 3. The molecule has 148 valence electrons. The molecule has 0 heterocycles. The molecule has 3 aromatic rings. The molecule has 3 aromatic carbocycles. The quantitative estimate of drug-likeness (QED) is 0.401. The van der Waals surface area contributed by atoms with Gasteiger partial charge >= 0.3 is 169 Å². The van der Waals surface area contributed by atoms with Crippen LogP contribution < -0.4 is 21.6 Å². The van der Waals surface area contributed by atoms with Crippen LogP contribution in [-0.2, 0) is 9.47 Å². The summed E-state index contributed by atoms with van der Waals surface area (Å²) < 4.78 is 11.4. The molecule has 0 atom stereocenters. The van der Waals surface area contributed by atoms with E-state index in [2.05, 4.69) is 91.0 Å². The van der Waals surface area contributed by atoms with E-state index in [9.17, 15) is 0 Å². The summed E-state index contributed by atoms with van der Waals surface area (Å²) in [6.07, 6.45) is 0.988. The van der Waals surface area contributed by atoms with Crippen LogP contribution in [-0.4, -0.2) is 39.1 Å². The van der Waals surface area contributed by atoms with Crippen LogP contribution in [0.3, 0.4) is 0 Å². The summed E-state index contributed by atoms with van der Waals surface area (Å²) in [5.74, 6) is 0. The molecule has 3 rings (SSSR count). The first-order valence-electron chi connectivity index (χ1n) is 9.90. The summed E-state index contributed by atoms with van der Waals surface area (Å²) in [4.78, 5) is 0. The molecular formula is C24H30NO2P. The number of ether oxygens (including phenoxy) is 2. The molecule has 0 saturated heterocycles. The van der Waals surface area contributed by atoms with Gasteiger partial charge in [0, 0.05) is 0 Å². The zero-order chi connectivity index (χ0) is 19.5. The minimum absolute atomic E-state index is 0.548. The van der Waals surface area contributed by atoms with E-state index in [1.165, 1.54) is 15.9 Å². The average Bonchev–Trinajstić information content (AvgIpc) is 2.78. The molecule has 0 saturated carbocycles. The molecule has 0 fully saturated rings. The Hall–Kier alpha value is -2.03. The third-order valence-corrected chi connectivity index (χ3v) is 9.97. The second-order valence-corrected chi connectivity index (χ2v) is 10.8. The van der Waals surface area contributed by atoms with Gasteiger partial charge in [-0.3, -0.25) is 0 Å². The maximum absolute atomic E-state index is 5.97. The van der Waals surface area contributed by atoms with Crippen LogP contribution >= 0.6 is 7.26 Å². The van der Waals surface area contributed by atoms with Gasteiger partial charge in [-0.25, -0.2) is 0 Å². The van der Waals surface area contributed by atoms with Gasteiger partial charge in [0.05, 0.1) is 0 Å². The Kier molecular flexibility index (Phi) is 8.20. The SMILES string of the molecule is NCCOCCOCC[PH](c1ccccc1)(c1ccccc1)c1ccccc1. The third-order valence-electron chi connectivity index (χ3n) is 5.06. The Bertz CT molecular complexity index is 700. The molecule has 0 aromatic heterocycles. The fourth-order valence-electron chi connectivity index (χ4n) is 3.73. The van der Waals surface area contributed by atoms with Gasteiger partial charge in [-0.15, -0.1) is 0 Å². The Labute approximate surface area is 168 Å². The van der Waals surface area contributed by atoms with Crippen LogP contribution in [0.2, 0.25) is 0 Å². The van der Waals surface area contributed by atoms with E-state index in [4.69, 9.17) is 15.2 Å². The van der Waals surface area contributed by atoms with Crippen LogP contribution in [0.25, 0.3) is 0 Å². The number of nitrogens with two attached hydrogens (primary N) is 1. The van der Waals surface area contributed by atoms with Crippen LogP contribution in [0.1, 0.15) is 0 Å². The normalized spacial score (nSPS) is 12.0. The van der Waals surface area contributed by atoms with Crippen molar-refractivity contribution >= 4 is 23.2 Å². The first-order valence-corrected chi connectivity index (χ1v) is 12.1. The summed E-state index contributed by atoms with van der Waals surface area (Å²) in [5.41, 5.74) is 5.46. The fourth-order valence-corrected chi connectivity index (χ4v) is 8.33. The molecule has 0 radical (unpaired) electrons. The summed E-state index contributed by atoms with van der Waals surface area (Å²) >= 11 is 0. The van der Waals surface area contributed by atoms with E-state index in [-0.39, 0.29) is 0 Å². The first-order chi connectivity index (χ1) is 13.9. The van der Waals surface area contributed by atoms with Crippen LogP contribution in [0.4, 0.5) is 0 Å². The average molecular weight is 395 g/mol. The van der Waals surface area contributed by atoms with Gasteiger partial charge in [-0.1, -0.05) is 0 Å². The summed E-state index contributed by atoms with van der Waals surface area (Å²) in [6, 6.07) is 32.8. The molecule has 3 nitrogen and oxygen atoms in total. The van der Waals surface area contributed by atoms with E-state index < -0.39 is 7.26 Å². The van der Waals surface area contributed by atoms with Crippen molar-refractivity contribution in [2.75, 3.05) is 39.1 Å². The van der Waals surface area contributed by atoms with Crippen molar-refractivity contribution in [1.82, 2.24) is 0 Å². The molecule has 28 heavy (non-hydrogen) atoms. The van der Waals surface area contributed by atoms with Gasteiger partial charge in [-0.2, -0.15) is 0 Å². The van der Waals surface area contributed by atoms with Crippen molar-refractivity contribution < 1.29 is 9.47 Å². The maximum atomic E-state index is 5.97. The molecular weight excluding hydrogens is 365 g/mol. The van der Waals surface area contributed by atoms with Crippen molar-refractivity contribution in [2.45, 2.75) is 0 Å². The first kappa shape index (κ1) is 20.7. The molecule has 0 bridgehead atoms. The van der Waals surface area contributed by atoms with Crippen molar-refractivity contribution in [1.29, 1.82) is 0 Å². The van der Waals surface area contributed by atoms with E-state index in [0.717, 1.165) is 6.16 Å². The van der Waals surface area contributed by atoms with Gasteiger partial charge in [0.1, 0.15) is 0 Å². The Morgan fingerprint density at radius 2 is 0.929 bits per heavy atom. The topological polar surface area (TPSA) is 44.5 Å². The van der Waals surface area contributed by atoms with E-state index in [1.54, 1.807) is 0 Å². The van der Waals surface area contributed by atoms with Gasteiger partial charge in [0.25, 0.3) is 0 Å². The van der Waals surface area contributed by atoms with Gasteiger partial charge in [-0.05, 0) is 0 Å². The van der Waals surface area contributed by atoms with Gasteiger partial charge < -0.3 is 0 Å². The number of hydrogen-bond donors (Lipinski definition) is 1. The predicted molar refractivity (Wildman–Crippen MR) is 122 cm³/mol. The second kappa shape index (κ2) is 11.1. The molecule has 0 spiro atoms.